The van der Waals surface area contributed by atoms with Gasteiger partial charge in [-0.05, 0) is 36.5 Å². The van der Waals surface area contributed by atoms with Gasteiger partial charge in [0.1, 0.15) is 5.75 Å². The molecule has 3 aromatic rings. The number of aromatic nitrogens is 4. The molecule has 1 aromatic carbocycles. The first-order valence-electron chi connectivity index (χ1n) is 8.37. The molecule has 1 aliphatic rings. The van der Waals surface area contributed by atoms with Crippen molar-refractivity contribution in [3.63, 3.8) is 0 Å². The number of nitrogens with one attached hydrogen (secondary N) is 3. The maximum atomic E-state index is 12.2. The minimum absolute atomic E-state index is 0.101. The Morgan fingerprint density at radius 1 is 1.27 bits per heavy atom. The highest BCUT2D eigenvalue weighted by atomic mass is 32.1. The molecular formula is C18H19N5O2S. The summed E-state index contributed by atoms with van der Waals surface area (Å²) in [6.07, 6.45) is 2.62. The van der Waals surface area contributed by atoms with Gasteiger partial charge in [-0.1, -0.05) is 0 Å². The van der Waals surface area contributed by atoms with Crippen LogP contribution >= 0.6 is 12.2 Å². The van der Waals surface area contributed by atoms with E-state index in [-0.39, 0.29) is 5.56 Å². The molecule has 7 nitrogen and oxygen atoms in total. The van der Waals surface area contributed by atoms with Crippen LogP contribution in [0.3, 0.4) is 0 Å². The molecule has 0 saturated carbocycles. The second-order valence-electron chi connectivity index (χ2n) is 6.32. The highest BCUT2D eigenvalue weighted by Crippen LogP contribution is 2.25. The molecule has 1 aliphatic heterocycles. The quantitative estimate of drug-likeness (QED) is 0.615. The molecule has 0 fully saturated rings. The van der Waals surface area contributed by atoms with Gasteiger partial charge in [-0.25, -0.2) is 0 Å². The summed E-state index contributed by atoms with van der Waals surface area (Å²) < 4.78 is 5.60. The van der Waals surface area contributed by atoms with Crippen LogP contribution in [0.5, 0.6) is 5.75 Å². The maximum absolute atomic E-state index is 12.2. The van der Waals surface area contributed by atoms with Gasteiger partial charge in [0.15, 0.2) is 4.77 Å². The lowest BCUT2D eigenvalue weighted by Crippen LogP contribution is -2.35. The Labute approximate surface area is 155 Å². The van der Waals surface area contributed by atoms with E-state index in [1.807, 2.05) is 30.5 Å². The minimum atomic E-state index is -0.101. The monoisotopic (exact) mass is 369 g/mol. The maximum Gasteiger partial charge on any atom is 0.256 e. The van der Waals surface area contributed by atoms with E-state index < -0.39 is 0 Å². The number of ether oxygens (including phenoxy) is 1. The average Bonchev–Trinajstić information content (AvgIpc) is 3.10. The van der Waals surface area contributed by atoms with E-state index in [1.165, 1.54) is 0 Å². The first-order valence-corrected chi connectivity index (χ1v) is 8.78. The number of hydrogen-bond acceptors (Lipinski definition) is 5. The first kappa shape index (κ1) is 16.7. The molecule has 8 heteroatoms. The topological polar surface area (TPSA) is 89.8 Å². The van der Waals surface area contributed by atoms with E-state index in [1.54, 1.807) is 7.11 Å². The van der Waals surface area contributed by atoms with Crippen molar-refractivity contribution < 1.29 is 4.74 Å². The molecule has 2 aromatic heterocycles. The largest absolute Gasteiger partial charge is 0.497 e. The van der Waals surface area contributed by atoms with Gasteiger partial charge in [0.05, 0.1) is 24.6 Å². The van der Waals surface area contributed by atoms with Crippen LogP contribution in [0.1, 0.15) is 16.8 Å². The van der Waals surface area contributed by atoms with E-state index in [0.29, 0.717) is 17.9 Å². The summed E-state index contributed by atoms with van der Waals surface area (Å²) in [6.45, 7) is 2.16. The van der Waals surface area contributed by atoms with Crippen molar-refractivity contribution in [1.82, 2.24) is 25.1 Å². The number of H-pyrrole nitrogens is 3. The molecule has 26 heavy (non-hydrogen) atoms. The zero-order chi connectivity index (χ0) is 18.1. The summed E-state index contributed by atoms with van der Waals surface area (Å²) in [4.78, 5) is 20.2. The molecule has 134 valence electrons. The molecule has 0 aliphatic carbocycles. The normalized spacial score (nSPS) is 14.2. The molecule has 3 N–H and O–H groups in total. The lowest BCUT2D eigenvalue weighted by molar-refractivity contribution is 0.242. The molecule has 0 unspecified atom stereocenters. The van der Waals surface area contributed by atoms with Crippen molar-refractivity contribution in [2.45, 2.75) is 19.5 Å². The standard InChI is InChI=1S/C18H19N5O2S/c1-25-13-4-2-11(3-5-13)16-12(8-19-22-16)9-23-7-6-15-14(10-23)17(24)21-18(26)20-15/h2-5,8H,6-7,9-10H2,1H3,(H,19,22)(H2,20,21,24,26). The van der Waals surface area contributed by atoms with Crippen LogP contribution in [0.15, 0.2) is 35.3 Å². The van der Waals surface area contributed by atoms with E-state index in [9.17, 15) is 4.79 Å². The summed E-state index contributed by atoms with van der Waals surface area (Å²) in [5.41, 5.74) is 4.74. The Kier molecular flexibility index (Phi) is 4.44. The van der Waals surface area contributed by atoms with Crippen molar-refractivity contribution in [2.75, 3.05) is 13.7 Å². The van der Waals surface area contributed by atoms with Crippen LogP contribution < -0.4 is 10.3 Å². The second kappa shape index (κ2) is 6.89. The SMILES string of the molecule is COc1ccc(-c2[nH]ncc2CN2CCc3[nH]c(=S)[nH]c(=O)c3C2)cc1. The molecule has 3 heterocycles. The van der Waals surface area contributed by atoms with Gasteiger partial charge < -0.3 is 9.72 Å². The van der Waals surface area contributed by atoms with Gasteiger partial charge in [0.25, 0.3) is 5.56 Å². The van der Waals surface area contributed by atoms with Crippen molar-refractivity contribution in [3.8, 4) is 17.0 Å². The number of fused-ring (bicyclic) bond motifs is 1. The molecule has 0 atom stereocenters. The van der Waals surface area contributed by atoms with Crippen molar-refractivity contribution in [2.24, 2.45) is 0 Å². The van der Waals surface area contributed by atoms with Crippen LogP contribution in [0.25, 0.3) is 11.3 Å². The molecular weight excluding hydrogens is 350 g/mol. The Balaban J connectivity index is 1.56. The number of nitrogens with zero attached hydrogens (tertiary/aromatic N) is 2. The Morgan fingerprint density at radius 2 is 2.08 bits per heavy atom. The summed E-state index contributed by atoms with van der Waals surface area (Å²) in [6, 6.07) is 7.87. The third-order valence-electron chi connectivity index (χ3n) is 4.68. The average molecular weight is 369 g/mol. The van der Waals surface area contributed by atoms with Crippen LogP contribution in [-0.4, -0.2) is 38.7 Å². The zero-order valence-electron chi connectivity index (χ0n) is 14.3. The number of aromatic amines is 3. The van der Waals surface area contributed by atoms with Gasteiger partial charge in [0, 0.05) is 42.9 Å². The number of rotatable bonds is 4. The fraction of sp³-hybridized carbons (Fsp3) is 0.278. The van der Waals surface area contributed by atoms with Gasteiger partial charge in [-0.2, -0.15) is 5.10 Å². The number of benzene rings is 1. The molecule has 4 rings (SSSR count). The lowest BCUT2D eigenvalue weighted by atomic mass is 10.0. The van der Waals surface area contributed by atoms with Crippen LogP contribution in [0.2, 0.25) is 0 Å². The fourth-order valence-corrected chi connectivity index (χ4v) is 3.54. The minimum Gasteiger partial charge on any atom is -0.497 e. The van der Waals surface area contributed by atoms with Crippen LogP contribution in [0.4, 0.5) is 0 Å². The molecule has 0 amide bonds. The van der Waals surface area contributed by atoms with Gasteiger partial charge >= 0.3 is 0 Å². The van der Waals surface area contributed by atoms with Crippen molar-refractivity contribution in [1.29, 1.82) is 0 Å². The second-order valence-corrected chi connectivity index (χ2v) is 6.73. The van der Waals surface area contributed by atoms with Gasteiger partial charge in [-0.15, -0.1) is 0 Å². The Morgan fingerprint density at radius 3 is 2.85 bits per heavy atom. The number of methoxy groups -OCH3 is 1. The summed E-state index contributed by atoms with van der Waals surface area (Å²) in [7, 11) is 1.65. The zero-order valence-corrected chi connectivity index (χ0v) is 15.2. The molecule has 0 saturated heterocycles. The third-order valence-corrected chi connectivity index (χ3v) is 4.88. The smallest absolute Gasteiger partial charge is 0.256 e. The van der Waals surface area contributed by atoms with E-state index in [2.05, 4.69) is 25.1 Å². The Hall–Kier alpha value is -2.71. The van der Waals surface area contributed by atoms with E-state index >= 15 is 0 Å². The van der Waals surface area contributed by atoms with Crippen molar-refractivity contribution >= 4 is 12.2 Å². The first-order chi connectivity index (χ1) is 12.6. The lowest BCUT2D eigenvalue weighted by Gasteiger charge is -2.27. The predicted molar refractivity (Wildman–Crippen MR) is 101 cm³/mol. The van der Waals surface area contributed by atoms with Crippen molar-refractivity contribution in [3.05, 3.63) is 62.4 Å². The van der Waals surface area contributed by atoms with E-state index in [4.69, 9.17) is 17.0 Å². The number of hydrogen-bond donors (Lipinski definition) is 3. The molecule has 0 radical (unpaired) electrons. The highest BCUT2D eigenvalue weighted by molar-refractivity contribution is 7.71. The molecule has 0 bridgehead atoms. The van der Waals surface area contributed by atoms with Crippen LogP contribution in [-0.2, 0) is 19.5 Å². The van der Waals surface area contributed by atoms with Crippen LogP contribution in [0, 0.1) is 4.77 Å². The van der Waals surface area contributed by atoms with Gasteiger partial charge in [-0.3, -0.25) is 19.8 Å². The summed E-state index contributed by atoms with van der Waals surface area (Å²) >= 11 is 5.05. The summed E-state index contributed by atoms with van der Waals surface area (Å²) in [5.74, 6) is 0.819. The predicted octanol–water partition coefficient (Wildman–Crippen LogP) is 2.39. The third kappa shape index (κ3) is 3.21. The Bertz CT molecular complexity index is 1030. The van der Waals surface area contributed by atoms with Gasteiger partial charge in [0.2, 0.25) is 0 Å². The molecule has 0 spiro atoms. The van der Waals surface area contributed by atoms with E-state index in [0.717, 1.165) is 46.8 Å². The highest BCUT2D eigenvalue weighted by Gasteiger charge is 2.21. The summed E-state index contributed by atoms with van der Waals surface area (Å²) in [5, 5.41) is 7.29. The fourth-order valence-electron chi connectivity index (χ4n) is 3.33.